The van der Waals surface area contributed by atoms with Crippen molar-refractivity contribution in [2.24, 2.45) is 9.98 Å². The van der Waals surface area contributed by atoms with Gasteiger partial charge in [-0.1, -0.05) is 0 Å². The summed E-state index contributed by atoms with van der Waals surface area (Å²) in [5.74, 6) is 0.536. The SMILES string of the molecule is C=N/C=C(/C)C=NCCN(c1ncncn1)C(CNC)COCCF. The van der Waals surface area contributed by atoms with Crippen LogP contribution in [0.2, 0.25) is 0 Å². The summed E-state index contributed by atoms with van der Waals surface area (Å²) in [6, 6.07) is -0.0550. The number of aliphatic imine (C=N–C) groups is 2. The van der Waals surface area contributed by atoms with Crippen LogP contribution < -0.4 is 10.2 Å². The predicted octanol–water partition coefficient (Wildman–Crippen LogP) is 0.927. The Morgan fingerprint density at radius 2 is 2.24 bits per heavy atom. The summed E-state index contributed by atoms with van der Waals surface area (Å²) in [5, 5.41) is 3.12. The molecule has 0 bridgehead atoms. The van der Waals surface area contributed by atoms with Crippen molar-refractivity contribution in [1.29, 1.82) is 0 Å². The van der Waals surface area contributed by atoms with E-state index in [9.17, 15) is 4.39 Å². The van der Waals surface area contributed by atoms with Gasteiger partial charge in [0.25, 0.3) is 0 Å². The minimum Gasteiger partial charge on any atom is -0.377 e. The summed E-state index contributed by atoms with van der Waals surface area (Å²) >= 11 is 0. The summed E-state index contributed by atoms with van der Waals surface area (Å²) < 4.78 is 17.7. The summed E-state index contributed by atoms with van der Waals surface area (Å²) in [5.41, 5.74) is 0.916. The molecule has 0 aliphatic rings. The summed E-state index contributed by atoms with van der Waals surface area (Å²) in [6.07, 6.45) is 6.27. The molecule has 0 radical (unpaired) electrons. The molecule has 0 saturated heterocycles. The van der Waals surface area contributed by atoms with Crippen LogP contribution in [-0.2, 0) is 4.74 Å². The monoisotopic (exact) mass is 351 g/mol. The minimum atomic E-state index is -0.509. The van der Waals surface area contributed by atoms with Gasteiger partial charge in [0.2, 0.25) is 5.95 Å². The van der Waals surface area contributed by atoms with Gasteiger partial charge in [-0.3, -0.25) is 9.98 Å². The Labute approximate surface area is 148 Å². The van der Waals surface area contributed by atoms with Gasteiger partial charge >= 0.3 is 0 Å². The maximum Gasteiger partial charge on any atom is 0.228 e. The molecule has 0 saturated carbocycles. The van der Waals surface area contributed by atoms with Gasteiger partial charge in [0, 0.05) is 25.5 Å². The van der Waals surface area contributed by atoms with Crippen molar-refractivity contribution in [3.63, 3.8) is 0 Å². The van der Waals surface area contributed by atoms with Crippen molar-refractivity contribution in [2.75, 3.05) is 51.5 Å². The molecule has 1 rings (SSSR count). The molecule has 1 aromatic rings. The molecule has 9 heteroatoms. The van der Waals surface area contributed by atoms with Gasteiger partial charge in [-0.25, -0.2) is 19.3 Å². The Morgan fingerprint density at radius 1 is 1.48 bits per heavy atom. The van der Waals surface area contributed by atoms with E-state index in [1.165, 1.54) is 12.7 Å². The number of allylic oxidation sites excluding steroid dienone is 1. The highest BCUT2D eigenvalue weighted by molar-refractivity contribution is 5.77. The first-order valence-electron chi connectivity index (χ1n) is 8.02. The van der Waals surface area contributed by atoms with E-state index in [0.717, 1.165) is 5.57 Å². The van der Waals surface area contributed by atoms with Crippen LogP contribution in [0, 0.1) is 0 Å². The minimum absolute atomic E-state index is 0.0550. The third-order valence-electron chi connectivity index (χ3n) is 3.21. The van der Waals surface area contributed by atoms with Gasteiger partial charge in [0.15, 0.2) is 0 Å². The number of alkyl halides is 1. The number of likely N-dealkylation sites (N-methyl/N-ethyl adjacent to an activating group) is 1. The maximum absolute atomic E-state index is 12.3. The van der Waals surface area contributed by atoms with Crippen LogP contribution in [0.15, 0.2) is 34.4 Å². The number of anilines is 1. The van der Waals surface area contributed by atoms with Crippen LogP contribution in [0.3, 0.4) is 0 Å². The lowest BCUT2D eigenvalue weighted by Crippen LogP contribution is -2.47. The molecule has 0 aromatic carbocycles. The normalized spacial score (nSPS) is 13.2. The molecular formula is C16H26FN7O. The zero-order valence-corrected chi connectivity index (χ0v) is 14.8. The average molecular weight is 351 g/mol. The smallest absolute Gasteiger partial charge is 0.228 e. The molecule has 25 heavy (non-hydrogen) atoms. The first-order chi connectivity index (χ1) is 12.2. The summed E-state index contributed by atoms with van der Waals surface area (Å²) in [4.78, 5) is 22.3. The van der Waals surface area contributed by atoms with Crippen LogP contribution in [0.25, 0.3) is 0 Å². The van der Waals surface area contributed by atoms with Crippen molar-refractivity contribution >= 4 is 18.9 Å². The first kappa shape index (κ1) is 20.8. The van der Waals surface area contributed by atoms with E-state index in [2.05, 4.69) is 37.0 Å². The first-order valence-corrected chi connectivity index (χ1v) is 8.02. The van der Waals surface area contributed by atoms with Gasteiger partial charge in [-0.15, -0.1) is 0 Å². The zero-order chi connectivity index (χ0) is 18.3. The van der Waals surface area contributed by atoms with Gasteiger partial charge < -0.3 is 15.0 Å². The highest BCUT2D eigenvalue weighted by Gasteiger charge is 2.20. The van der Waals surface area contributed by atoms with Crippen molar-refractivity contribution in [3.05, 3.63) is 24.4 Å². The number of hydrogen-bond donors (Lipinski definition) is 1. The quantitative estimate of drug-likeness (QED) is 0.420. The van der Waals surface area contributed by atoms with Gasteiger partial charge in [-0.2, -0.15) is 0 Å². The number of nitrogens with zero attached hydrogens (tertiary/aromatic N) is 6. The van der Waals surface area contributed by atoms with Crippen molar-refractivity contribution in [3.8, 4) is 0 Å². The fraction of sp³-hybridized carbons (Fsp3) is 0.562. The number of halogens is 1. The van der Waals surface area contributed by atoms with Crippen LogP contribution in [0.4, 0.5) is 10.3 Å². The predicted molar refractivity (Wildman–Crippen MR) is 98.3 cm³/mol. The summed E-state index contributed by atoms with van der Waals surface area (Å²) in [6.45, 7) is 7.00. The van der Waals surface area contributed by atoms with E-state index in [4.69, 9.17) is 4.74 Å². The maximum atomic E-state index is 12.3. The number of nitrogens with one attached hydrogen (secondary N) is 1. The van der Waals surface area contributed by atoms with E-state index < -0.39 is 6.67 Å². The molecular weight excluding hydrogens is 325 g/mol. The van der Waals surface area contributed by atoms with Crippen molar-refractivity contribution in [2.45, 2.75) is 13.0 Å². The molecule has 0 spiro atoms. The molecule has 8 nitrogen and oxygen atoms in total. The number of ether oxygens (including phenoxy) is 1. The molecule has 1 unspecified atom stereocenters. The Bertz CT molecular complexity index is 539. The molecule has 0 aliphatic carbocycles. The summed E-state index contributed by atoms with van der Waals surface area (Å²) in [7, 11) is 1.85. The standard InChI is InChI=1S/C16H26FN7O/c1-14(8-18-2)9-20-5-6-24(16-22-12-21-13-23-16)15(10-19-3)11-25-7-4-17/h8-9,12-13,15,19H,2,4-7,10-11H2,1,3H3/b14-8-,20-9?. The lowest BCUT2D eigenvalue weighted by atomic mass is 10.2. The van der Waals surface area contributed by atoms with Crippen LogP contribution in [0.5, 0.6) is 0 Å². The third kappa shape index (κ3) is 8.41. The fourth-order valence-electron chi connectivity index (χ4n) is 2.15. The van der Waals surface area contributed by atoms with Crippen LogP contribution >= 0.6 is 0 Å². The molecule has 0 amide bonds. The Kier molecular flexibility index (Phi) is 10.9. The van der Waals surface area contributed by atoms with E-state index >= 15 is 0 Å². The fourth-order valence-corrected chi connectivity index (χ4v) is 2.15. The van der Waals surface area contributed by atoms with Gasteiger partial charge in [-0.05, 0) is 26.3 Å². The molecule has 1 heterocycles. The van der Waals surface area contributed by atoms with E-state index in [0.29, 0.717) is 32.2 Å². The van der Waals surface area contributed by atoms with Crippen LogP contribution in [-0.4, -0.2) is 80.5 Å². The van der Waals surface area contributed by atoms with E-state index in [1.807, 2.05) is 18.9 Å². The number of hydrogen-bond acceptors (Lipinski definition) is 8. The molecule has 138 valence electrons. The van der Waals surface area contributed by atoms with Gasteiger partial charge in [0.1, 0.15) is 19.3 Å². The Hall–Kier alpha value is -2.26. The largest absolute Gasteiger partial charge is 0.377 e. The topological polar surface area (TPSA) is 87.9 Å². The molecule has 1 N–H and O–H groups in total. The second-order valence-corrected chi connectivity index (χ2v) is 5.20. The number of rotatable bonds is 13. The van der Waals surface area contributed by atoms with Crippen LogP contribution in [0.1, 0.15) is 6.92 Å². The molecule has 0 aliphatic heterocycles. The molecule has 0 fully saturated rings. The Morgan fingerprint density at radius 3 is 2.88 bits per heavy atom. The average Bonchev–Trinajstić information content (AvgIpc) is 2.62. The number of aromatic nitrogens is 3. The second-order valence-electron chi connectivity index (χ2n) is 5.20. The Balaban J connectivity index is 2.80. The third-order valence-corrected chi connectivity index (χ3v) is 3.21. The highest BCUT2D eigenvalue weighted by Crippen LogP contribution is 2.10. The van der Waals surface area contributed by atoms with E-state index in [-0.39, 0.29) is 12.6 Å². The molecule has 1 atom stereocenters. The molecule has 1 aromatic heterocycles. The van der Waals surface area contributed by atoms with Crippen molar-refractivity contribution in [1.82, 2.24) is 20.3 Å². The highest BCUT2D eigenvalue weighted by atomic mass is 19.1. The lowest BCUT2D eigenvalue weighted by Gasteiger charge is -2.31. The van der Waals surface area contributed by atoms with E-state index in [1.54, 1.807) is 12.4 Å². The van der Waals surface area contributed by atoms with Crippen molar-refractivity contribution < 1.29 is 9.13 Å². The second kappa shape index (κ2) is 13.1. The van der Waals surface area contributed by atoms with Gasteiger partial charge in [0.05, 0.1) is 25.8 Å². The zero-order valence-electron chi connectivity index (χ0n) is 14.8. The lowest BCUT2D eigenvalue weighted by molar-refractivity contribution is 0.105.